The van der Waals surface area contributed by atoms with Gasteiger partial charge in [0.05, 0.1) is 10.7 Å². The van der Waals surface area contributed by atoms with Crippen molar-refractivity contribution in [2.75, 3.05) is 7.05 Å². The van der Waals surface area contributed by atoms with Crippen molar-refractivity contribution in [2.45, 2.75) is 63.3 Å². The first-order valence-corrected chi connectivity index (χ1v) is 8.34. The molecule has 2 saturated carbocycles. The SMILES string of the molecule is CNC1CCC(Cc2nc(C3CCC3)cs2)CC1. The van der Waals surface area contributed by atoms with E-state index in [0.717, 1.165) is 17.9 Å². The second kappa shape index (κ2) is 5.70. The van der Waals surface area contributed by atoms with Gasteiger partial charge in [-0.1, -0.05) is 6.42 Å². The molecule has 2 aliphatic carbocycles. The van der Waals surface area contributed by atoms with Crippen LogP contribution in [0.15, 0.2) is 5.38 Å². The molecule has 1 heterocycles. The Kier molecular flexibility index (Phi) is 4.00. The highest BCUT2D eigenvalue weighted by Gasteiger charge is 2.24. The van der Waals surface area contributed by atoms with E-state index in [0.29, 0.717) is 0 Å². The maximum atomic E-state index is 4.87. The summed E-state index contributed by atoms with van der Waals surface area (Å²) in [6.45, 7) is 0. The Hall–Kier alpha value is -0.410. The summed E-state index contributed by atoms with van der Waals surface area (Å²) in [4.78, 5) is 4.87. The van der Waals surface area contributed by atoms with Crippen LogP contribution in [0.5, 0.6) is 0 Å². The quantitative estimate of drug-likeness (QED) is 0.896. The Morgan fingerprint density at radius 1 is 1.22 bits per heavy atom. The van der Waals surface area contributed by atoms with Crippen molar-refractivity contribution in [1.82, 2.24) is 10.3 Å². The summed E-state index contributed by atoms with van der Waals surface area (Å²) in [7, 11) is 2.09. The first kappa shape index (κ1) is 12.6. The van der Waals surface area contributed by atoms with Crippen molar-refractivity contribution < 1.29 is 0 Å². The molecule has 0 spiro atoms. The molecule has 0 bridgehead atoms. The molecule has 2 aliphatic rings. The van der Waals surface area contributed by atoms with Crippen molar-refractivity contribution >= 4 is 11.3 Å². The van der Waals surface area contributed by atoms with E-state index in [9.17, 15) is 0 Å². The average Bonchev–Trinajstić information content (AvgIpc) is 2.76. The normalized spacial score (nSPS) is 29.2. The molecule has 0 amide bonds. The lowest BCUT2D eigenvalue weighted by Crippen LogP contribution is -2.30. The summed E-state index contributed by atoms with van der Waals surface area (Å²) in [5.41, 5.74) is 1.39. The number of thiazole rings is 1. The molecule has 0 atom stereocenters. The fourth-order valence-corrected chi connectivity index (χ4v) is 4.20. The molecule has 0 saturated heterocycles. The van der Waals surface area contributed by atoms with Crippen molar-refractivity contribution in [1.29, 1.82) is 0 Å². The van der Waals surface area contributed by atoms with Crippen LogP contribution in [-0.4, -0.2) is 18.1 Å². The number of hydrogen-bond acceptors (Lipinski definition) is 3. The lowest BCUT2D eigenvalue weighted by Gasteiger charge is -2.27. The predicted octanol–water partition coefficient (Wildman–Crippen LogP) is 3.73. The Balaban J connectivity index is 1.51. The summed E-state index contributed by atoms with van der Waals surface area (Å²) in [6.07, 6.45) is 10.8. The monoisotopic (exact) mass is 264 g/mol. The fraction of sp³-hybridized carbons (Fsp3) is 0.800. The molecule has 3 rings (SSSR count). The average molecular weight is 264 g/mol. The van der Waals surface area contributed by atoms with Crippen molar-refractivity contribution in [3.05, 3.63) is 16.1 Å². The molecule has 0 aliphatic heterocycles. The zero-order chi connectivity index (χ0) is 12.4. The van der Waals surface area contributed by atoms with E-state index in [1.165, 1.54) is 62.1 Å². The van der Waals surface area contributed by atoms with Gasteiger partial charge in [0, 0.05) is 23.8 Å². The molecular weight excluding hydrogens is 240 g/mol. The van der Waals surface area contributed by atoms with Gasteiger partial charge in [0.1, 0.15) is 0 Å². The third kappa shape index (κ3) is 2.77. The van der Waals surface area contributed by atoms with Gasteiger partial charge in [-0.3, -0.25) is 0 Å². The van der Waals surface area contributed by atoms with Crippen LogP contribution in [0.1, 0.15) is 61.6 Å². The van der Waals surface area contributed by atoms with E-state index in [2.05, 4.69) is 17.7 Å². The van der Waals surface area contributed by atoms with E-state index in [1.54, 1.807) is 0 Å². The number of rotatable bonds is 4. The lowest BCUT2D eigenvalue weighted by atomic mass is 9.83. The minimum absolute atomic E-state index is 0.767. The topological polar surface area (TPSA) is 24.9 Å². The molecule has 2 fully saturated rings. The van der Waals surface area contributed by atoms with Crippen LogP contribution in [0, 0.1) is 5.92 Å². The van der Waals surface area contributed by atoms with Crippen LogP contribution in [0.25, 0.3) is 0 Å². The largest absolute Gasteiger partial charge is 0.317 e. The van der Waals surface area contributed by atoms with Crippen LogP contribution in [0.4, 0.5) is 0 Å². The Labute approximate surface area is 114 Å². The van der Waals surface area contributed by atoms with Gasteiger partial charge in [-0.25, -0.2) is 4.98 Å². The van der Waals surface area contributed by atoms with Crippen LogP contribution in [0.2, 0.25) is 0 Å². The van der Waals surface area contributed by atoms with Crippen LogP contribution in [-0.2, 0) is 6.42 Å². The number of nitrogens with one attached hydrogen (secondary N) is 1. The Bertz CT molecular complexity index is 376. The van der Waals surface area contributed by atoms with E-state index in [1.807, 2.05) is 11.3 Å². The molecule has 3 heteroatoms. The highest BCUT2D eigenvalue weighted by atomic mass is 32.1. The van der Waals surface area contributed by atoms with Gasteiger partial charge in [-0.15, -0.1) is 11.3 Å². The zero-order valence-corrected chi connectivity index (χ0v) is 12.1. The predicted molar refractivity (Wildman–Crippen MR) is 77.2 cm³/mol. The molecular formula is C15H24N2S. The van der Waals surface area contributed by atoms with Crippen LogP contribution in [0.3, 0.4) is 0 Å². The first-order chi connectivity index (χ1) is 8.85. The number of nitrogens with zero attached hydrogens (tertiary/aromatic N) is 1. The molecule has 18 heavy (non-hydrogen) atoms. The second-order valence-electron chi connectivity index (χ2n) is 6.00. The minimum atomic E-state index is 0.767. The van der Waals surface area contributed by atoms with E-state index >= 15 is 0 Å². The summed E-state index contributed by atoms with van der Waals surface area (Å²) >= 11 is 1.90. The van der Waals surface area contributed by atoms with Crippen molar-refractivity contribution in [3.8, 4) is 0 Å². The fourth-order valence-electron chi connectivity index (χ4n) is 3.21. The third-order valence-electron chi connectivity index (χ3n) is 4.81. The lowest BCUT2D eigenvalue weighted by molar-refractivity contribution is 0.300. The van der Waals surface area contributed by atoms with Crippen LogP contribution < -0.4 is 5.32 Å². The molecule has 1 aromatic heterocycles. The molecule has 0 aromatic carbocycles. The third-order valence-corrected chi connectivity index (χ3v) is 5.70. The zero-order valence-electron chi connectivity index (χ0n) is 11.3. The van der Waals surface area contributed by atoms with Gasteiger partial charge in [0.2, 0.25) is 0 Å². The smallest absolute Gasteiger partial charge is 0.0931 e. The highest BCUT2D eigenvalue weighted by molar-refractivity contribution is 7.09. The van der Waals surface area contributed by atoms with E-state index in [-0.39, 0.29) is 0 Å². The van der Waals surface area contributed by atoms with Gasteiger partial charge in [-0.05, 0) is 51.5 Å². The molecule has 100 valence electrons. The van der Waals surface area contributed by atoms with Gasteiger partial charge in [0.15, 0.2) is 0 Å². The highest BCUT2D eigenvalue weighted by Crippen LogP contribution is 2.37. The maximum Gasteiger partial charge on any atom is 0.0931 e. The summed E-state index contributed by atoms with van der Waals surface area (Å²) < 4.78 is 0. The molecule has 1 N–H and O–H groups in total. The Morgan fingerprint density at radius 2 is 2.00 bits per heavy atom. The summed E-state index contributed by atoms with van der Waals surface area (Å²) in [5, 5.41) is 7.12. The molecule has 0 radical (unpaired) electrons. The van der Waals surface area contributed by atoms with Gasteiger partial charge < -0.3 is 5.32 Å². The standard InChI is InChI=1S/C15H24N2S/c1-16-13-7-5-11(6-8-13)9-15-17-14(10-18-15)12-3-2-4-12/h10-13,16H,2-9H2,1H3. The molecule has 1 aromatic rings. The van der Waals surface area contributed by atoms with Crippen LogP contribution >= 0.6 is 11.3 Å². The number of hydrogen-bond donors (Lipinski definition) is 1. The van der Waals surface area contributed by atoms with Crippen molar-refractivity contribution in [2.24, 2.45) is 5.92 Å². The maximum absolute atomic E-state index is 4.87. The summed E-state index contributed by atoms with van der Waals surface area (Å²) in [6, 6.07) is 0.767. The van der Waals surface area contributed by atoms with Crippen molar-refractivity contribution in [3.63, 3.8) is 0 Å². The Morgan fingerprint density at radius 3 is 2.61 bits per heavy atom. The van der Waals surface area contributed by atoms with E-state index < -0.39 is 0 Å². The molecule has 2 nitrogen and oxygen atoms in total. The van der Waals surface area contributed by atoms with Gasteiger partial charge >= 0.3 is 0 Å². The van der Waals surface area contributed by atoms with Gasteiger partial charge in [-0.2, -0.15) is 0 Å². The molecule has 0 unspecified atom stereocenters. The summed E-state index contributed by atoms with van der Waals surface area (Å²) in [5.74, 6) is 1.69. The second-order valence-corrected chi connectivity index (χ2v) is 6.95. The van der Waals surface area contributed by atoms with E-state index in [4.69, 9.17) is 4.98 Å². The minimum Gasteiger partial charge on any atom is -0.317 e. The van der Waals surface area contributed by atoms with Gasteiger partial charge in [0.25, 0.3) is 0 Å². The first-order valence-electron chi connectivity index (χ1n) is 7.46. The number of aromatic nitrogens is 1.